The topological polar surface area (TPSA) is 78.1 Å². The third-order valence-corrected chi connectivity index (χ3v) is 1.90. The van der Waals surface area contributed by atoms with Gasteiger partial charge in [0.05, 0.1) is 12.6 Å². The lowest BCUT2D eigenvalue weighted by Crippen LogP contribution is -2.12. The highest BCUT2D eigenvalue weighted by molar-refractivity contribution is 5.92. The zero-order valence-electron chi connectivity index (χ0n) is 8.02. The minimum absolute atomic E-state index is 0.175. The van der Waals surface area contributed by atoms with E-state index in [9.17, 15) is 4.79 Å². The molecule has 5 heteroatoms. The number of rotatable bonds is 2. The van der Waals surface area contributed by atoms with Crippen LogP contribution < -0.4 is 10.5 Å². The Balaban J connectivity index is 2.59. The number of hydrogen-bond acceptors (Lipinski definition) is 4. The maximum Gasteiger partial charge on any atom is 0.267 e. The highest BCUT2D eigenvalue weighted by atomic mass is 16.5. The number of aromatic nitrogens is 2. The van der Waals surface area contributed by atoms with Crippen LogP contribution in [0, 0.1) is 6.07 Å². The molecule has 2 N–H and O–H groups in total. The van der Waals surface area contributed by atoms with Gasteiger partial charge in [-0.05, 0) is 12.1 Å². The maximum absolute atomic E-state index is 10.9. The average Bonchev–Trinajstić information content (AvgIpc) is 2.27. The Hall–Kier alpha value is -2.17. The van der Waals surface area contributed by atoms with Crippen molar-refractivity contribution in [3.05, 3.63) is 30.0 Å². The van der Waals surface area contributed by atoms with Gasteiger partial charge in [-0.1, -0.05) is 0 Å². The minimum atomic E-state index is -0.580. The number of hydrogen-bond donors (Lipinski definition) is 1. The standard InChI is InChI=1S/C10H8N3O2/c1-15-9-5-4-6-7(13-9)2-3-8(12-6)10(11)14/h3-5H,1H3,(H2,11,14). The molecule has 2 rings (SSSR count). The Morgan fingerprint density at radius 3 is 2.93 bits per heavy atom. The highest BCUT2D eigenvalue weighted by Gasteiger charge is 2.05. The van der Waals surface area contributed by atoms with E-state index in [1.165, 1.54) is 13.2 Å². The molecule has 1 amide bonds. The van der Waals surface area contributed by atoms with Gasteiger partial charge in [0.2, 0.25) is 5.88 Å². The summed E-state index contributed by atoms with van der Waals surface area (Å²) in [4.78, 5) is 19.0. The fourth-order valence-electron chi connectivity index (χ4n) is 1.17. The molecule has 5 nitrogen and oxygen atoms in total. The number of methoxy groups -OCH3 is 1. The van der Waals surface area contributed by atoms with E-state index in [2.05, 4.69) is 16.0 Å². The molecule has 0 aliphatic rings. The van der Waals surface area contributed by atoms with Crippen LogP contribution >= 0.6 is 0 Å². The second kappa shape index (κ2) is 3.53. The number of carbonyl (C=O) groups is 1. The Bertz CT molecular complexity index is 525. The Kier molecular flexibility index (Phi) is 2.21. The van der Waals surface area contributed by atoms with E-state index in [-0.39, 0.29) is 5.69 Å². The van der Waals surface area contributed by atoms with Gasteiger partial charge < -0.3 is 10.5 Å². The summed E-state index contributed by atoms with van der Waals surface area (Å²) in [7, 11) is 1.53. The second-order valence-electron chi connectivity index (χ2n) is 2.87. The van der Waals surface area contributed by atoms with Crippen LogP contribution in [0.4, 0.5) is 0 Å². The van der Waals surface area contributed by atoms with Gasteiger partial charge in [-0.15, -0.1) is 0 Å². The van der Waals surface area contributed by atoms with Gasteiger partial charge in [-0.3, -0.25) is 4.79 Å². The molecule has 2 heterocycles. The van der Waals surface area contributed by atoms with Crippen LogP contribution in [-0.2, 0) is 0 Å². The summed E-state index contributed by atoms with van der Waals surface area (Å²) in [6.07, 6.45) is 0. The summed E-state index contributed by atoms with van der Waals surface area (Å²) in [6, 6.07) is 7.59. The molecule has 75 valence electrons. The first-order valence-corrected chi connectivity index (χ1v) is 4.24. The molecule has 0 unspecified atom stereocenters. The first-order valence-electron chi connectivity index (χ1n) is 4.24. The fourth-order valence-corrected chi connectivity index (χ4v) is 1.17. The van der Waals surface area contributed by atoms with Crippen LogP contribution in [0.25, 0.3) is 11.0 Å². The van der Waals surface area contributed by atoms with E-state index in [0.717, 1.165) is 0 Å². The smallest absolute Gasteiger partial charge is 0.267 e. The second-order valence-corrected chi connectivity index (χ2v) is 2.87. The first kappa shape index (κ1) is 9.39. The number of carbonyl (C=O) groups excluding carboxylic acids is 1. The van der Waals surface area contributed by atoms with Gasteiger partial charge in [0, 0.05) is 12.1 Å². The highest BCUT2D eigenvalue weighted by Crippen LogP contribution is 2.14. The minimum Gasteiger partial charge on any atom is -0.481 e. The summed E-state index contributed by atoms with van der Waals surface area (Å²) in [6.45, 7) is 0. The molecule has 15 heavy (non-hydrogen) atoms. The molecular formula is C10H8N3O2. The molecule has 0 atom stereocenters. The molecule has 2 aromatic heterocycles. The molecule has 0 fully saturated rings. The van der Waals surface area contributed by atoms with E-state index in [1.54, 1.807) is 12.1 Å². The van der Waals surface area contributed by atoms with Gasteiger partial charge in [0.1, 0.15) is 11.2 Å². The van der Waals surface area contributed by atoms with E-state index in [4.69, 9.17) is 10.5 Å². The molecule has 0 saturated carbocycles. The third-order valence-electron chi connectivity index (χ3n) is 1.90. The van der Waals surface area contributed by atoms with Gasteiger partial charge >= 0.3 is 0 Å². The average molecular weight is 202 g/mol. The number of primary amides is 1. The van der Waals surface area contributed by atoms with Crippen LogP contribution in [-0.4, -0.2) is 23.0 Å². The lowest BCUT2D eigenvalue weighted by Gasteiger charge is -2.01. The predicted octanol–water partition coefficient (Wildman–Crippen LogP) is 0.537. The number of ether oxygens (including phenoxy) is 1. The fraction of sp³-hybridized carbons (Fsp3) is 0.100. The van der Waals surface area contributed by atoms with Crippen molar-refractivity contribution in [2.45, 2.75) is 0 Å². The molecule has 0 aliphatic heterocycles. The zero-order valence-corrected chi connectivity index (χ0v) is 8.02. The number of amides is 1. The van der Waals surface area contributed by atoms with E-state index in [1.807, 2.05) is 0 Å². The summed E-state index contributed by atoms with van der Waals surface area (Å²) in [5.41, 5.74) is 6.37. The van der Waals surface area contributed by atoms with Gasteiger partial charge in [-0.25, -0.2) is 9.97 Å². The zero-order chi connectivity index (χ0) is 10.8. The summed E-state index contributed by atoms with van der Waals surface area (Å²) < 4.78 is 4.95. The molecule has 0 saturated heterocycles. The van der Waals surface area contributed by atoms with Crippen molar-refractivity contribution in [3.8, 4) is 5.88 Å². The number of pyridine rings is 2. The monoisotopic (exact) mass is 202 g/mol. The van der Waals surface area contributed by atoms with Crippen LogP contribution in [0.2, 0.25) is 0 Å². The molecule has 0 spiro atoms. The van der Waals surface area contributed by atoms with Crippen molar-refractivity contribution in [2.24, 2.45) is 5.73 Å². The van der Waals surface area contributed by atoms with Crippen molar-refractivity contribution in [1.82, 2.24) is 9.97 Å². The molecule has 1 radical (unpaired) electrons. The molecule has 0 bridgehead atoms. The first-order chi connectivity index (χ1) is 7.20. The lowest BCUT2D eigenvalue weighted by atomic mass is 10.2. The van der Waals surface area contributed by atoms with Crippen LogP contribution in [0.3, 0.4) is 0 Å². The van der Waals surface area contributed by atoms with Crippen LogP contribution in [0.1, 0.15) is 10.5 Å². The van der Waals surface area contributed by atoms with Crippen LogP contribution in [0.5, 0.6) is 5.88 Å². The maximum atomic E-state index is 10.9. The van der Waals surface area contributed by atoms with Crippen molar-refractivity contribution >= 4 is 16.9 Å². The number of fused-ring (bicyclic) bond motifs is 1. The summed E-state index contributed by atoms with van der Waals surface area (Å²) in [5, 5.41) is 0. The number of nitrogens with zero attached hydrogens (tertiary/aromatic N) is 2. The van der Waals surface area contributed by atoms with Gasteiger partial charge in [0.25, 0.3) is 5.91 Å². The van der Waals surface area contributed by atoms with Crippen molar-refractivity contribution < 1.29 is 9.53 Å². The largest absolute Gasteiger partial charge is 0.481 e. The molecule has 0 aromatic carbocycles. The summed E-state index contributed by atoms with van der Waals surface area (Å²) >= 11 is 0. The Labute approximate surface area is 85.9 Å². The van der Waals surface area contributed by atoms with Crippen molar-refractivity contribution in [2.75, 3.05) is 7.11 Å². The van der Waals surface area contributed by atoms with Crippen LogP contribution in [0.15, 0.2) is 18.2 Å². The van der Waals surface area contributed by atoms with E-state index in [0.29, 0.717) is 16.9 Å². The van der Waals surface area contributed by atoms with E-state index >= 15 is 0 Å². The Morgan fingerprint density at radius 2 is 2.27 bits per heavy atom. The normalized spacial score (nSPS) is 10.2. The Morgan fingerprint density at radius 1 is 1.47 bits per heavy atom. The van der Waals surface area contributed by atoms with Gasteiger partial charge in [0.15, 0.2) is 0 Å². The van der Waals surface area contributed by atoms with E-state index < -0.39 is 5.91 Å². The molecule has 2 aromatic rings. The van der Waals surface area contributed by atoms with Gasteiger partial charge in [-0.2, -0.15) is 0 Å². The quantitative estimate of drug-likeness (QED) is 0.770. The third kappa shape index (κ3) is 1.71. The molecular weight excluding hydrogens is 194 g/mol. The number of nitrogens with two attached hydrogens (primary N) is 1. The predicted molar refractivity (Wildman–Crippen MR) is 53.4 cm³/mol. The SMILES string of the molecule is COc1ccc2nc(C(N)=O)c[c]c2n1. The van der Waals surface area contributed by atoms with Crippen molar-refractivity contribution in [3.63, 3.8) is 0 Å². The molecule has 0 aliphatic carbocycles. The lowest BCUT2D eigenvalue weighted by molar-refractivity contribution is 0.0996. The summed E-state index contributed by atoms with van der Waals surface area (Å²) in [5.74, 6) is -0.101. The van der Waals surface area contributed by atoms with Crippen molar-refractivity contribution in [1.29, 1.82) is 0 Å².